The number of hydrogen-bond donors (Lipinski definition) is 1. The summed E-state index contributed by atoms with van der Waals surface area (Å²) in [6.07, 6.45) is 2.45. The summed E-state index contributed by atoms with van der Waals surface area (Å²) >= 11 is 3.39. The third kappa shape index (κ3) is 5.38. The molecule has 0 saturated carbocycles. The minimum Gasteiger partial charge on any atom is -0.317 e. The van der Waals surface area contributed by atoms with Crippen LogP contribution in [0.3, 0.4) is 0 Å². The molecular weight excluding hydrogens is 331 g/mol. The zero-order valence-electron chi connectivity index (χ0n) is 11.2. The van der Waals surface area contributed by atoms with Crippen molar-refractivity contribution in [2.24, 2.45) is 5.92 Å². The Morgan fingerprint density at radius 2 is 2.05 bits per heavy atom. The van der Waals surface area contributed by atoms with E-state index in [-0.39, 0.29) is 18.2 Å². The van der Waals surface area contributed by atoms with E-state index < -0.39 is 0 Å². The summed E-state index contributed by atoms with van der Waals surface area (Å²) in [5.41, 5.74) is 0.765. The number of nitrogens with one attached hydrogen (secondary N) is 1. The Hall–Kier alpha value is -0.160. The number of rotatable bonds is 4. The lowest BCUT2D eigenvalue weighted by Gasteiger charge is -2.27. The fourth-order valence-corrected chi connectivity index (χ4v) is 2.93. The molecule has 0 bridgehead atoms. The van der Waals surface area contributed by atoms with Gasteiger partial charge in [-0.2, -0.15) is 0 Å². The Balaban J connectivity index is 0.00000180. The van der Waals surface area contributed by atoms with Gasteiger partial charge in [-0.1, -0.05) is 15.9 Å². The lowest BCUT2D eigenvalue weighted by molar-refractivity contribution is 0.232. The zero-order valence-corrected chi connectivity index (χ0v) is 13.6. The molecule has 0 aromatic heterocycles. The molecule has 5 heteroatoms. The molecular formula is C14H21BrClFN2. The predicted octanol–water partition coefficient (Wildman–Crippen LogP) is 3.44. The molecule has 108 valence electrons. The molecule has 1 fully saturated rings. The Labute approximate surface area is 129 Å². The van der Waals surface area contributed by atoms with Crippen molar-refractivity contribution >= 4 is 28.3 Å². The topological polar surface area (TPSA) is 15.3 Å². The summed E-state index contributed by atoms with van der Waals surface area (Å²) in [5.74, 6) is 0.627. The van der Waals surface area contributed by atoms with E-state index in [0.717, 1.165) is 35.6 Å². The fraction of sp³-hybridized carbons (Fsp3) is 0.571. The lowest BCUT2D eigenvalue weighted by atomic mass is 9.97. The smallest absolute Gasteiger partial charge is 0.127 e. The van der Waals surface area contributed by atoms with Crippen molar-refractivity contribution in [2.75, 3.05) is 26.7 Å². The normalized spacial score (nSPS) is 16.4. The van der Waals surface area contributed by atoms with E-state index >= 15 is 0 Å². The summed E-state index contributed by atoms with van der Waals surface area (Å²) in [7, 11) is 2.07. The van der Waals surface area contributed by atoms with Crippen molar-refractivity contribution in [3.05, 3.63) is 34.1 Å². The van der Waals surface area contributed by atoms with Crippen LogP contribution in [0.1, 0.15) is 18.4 Å². The number of benzene rings is 1. The van der Waals surface area contributed by atoms with Gasteiger partial charge >= 0.3 is 0 Å². The van der Waals surface area contributed by atoms with E-state index in [2.05, 4.69) is 33.2 Å². The van der Waals surface area contributed by atoms with Crippen LogP contribution >= 0.6 is 28.3 Å². The second-order valence-electron chi connectivity index (χ2n) is 5.13. The highest BCUT2D eigenvalue weighted by Gasteiger charge is 2.15. The van der Waals surface area contributed by atoms with Crippen LogP contribution in [0.25, 0.3) is 0 Å². The Morgan fingerprint density at radius 3 is 2.74 bits per heavy atom. The van der Waals surface area contributed by atoms with Crippen LogP contribution in [0, 0.1) is 11.7 Å². The zero-order chi connectivity index (χ0) is 13.0. The minimum absolute atomic E-state index is 0. The van der Waals surface area contributed by atoms with E-state index in [0.29, 0.717) is 6.54 Å². The molecule has 1 aliphatic rings. The van der Waals surface area contributed by atoms with Crippen molar-refractivity contribution in [2.45, 2.75) is 19.4 Å². The molecule has 0 atom stereocenters. The fourth-order valence-electron chi connectivity index (χ4n) is 2.52. The van der Waals surface area contributed by atoms with Crippen LogP contribution in [0.15, 0.2) is 22.7 Å². The third-order valence-corrected chi connectivity index (χ3v) is 3.97. The highest BCUT2D eigenvalue weighted by molar-refractivity contribution is 9.10. The summed E-state index contributed by atoms with van der Waals surface area (Å²) in [6.45, 7) is 3.95. The molecule has 1 N–H and O–H groups in total. The first-order valence-electron chi connectivity index (χ1n) is 6.48. The molecule has 1 heterocycles. The molecule has 1 saturated heterocycles. The van der Waals surface area contributed by atoms with Gasteiger partial charge in [0.05, 0.1) is 0 Å². The van der Waals surface area contributed by atoms with Gasteiger partial charge in [-0.05, 0) is 57.1 Å². The molecule has 2 rings (SSSR count). The van der Waals surface area contributed by atoms with Crippen molar-refractivity contribution in [1.29, 1.82) is 0 Å². The quantitative estimate of drug-likeness (QED) is 0.894. The van der Waals surface area contributed by atoms with Gasteiger partial charge in [0.25, 0.3) is 0 Å². The average molecular weight is 352 g/mol. The molecule has 0 aliphatic carbocycles. The van der Waals surface area contributed by atoms with Crippen LogP contribution in [-0.2, 0) is 6.54 Å². The van der Waals surface area contributed by atoms with Gasteiger partial charge in [-0.15, -0.1) is 12.4 Å². The first kappa shape index (κ1) is 16.9. The highest BCUT2D eigenvalue weighted by Crippen LogP contribution is 2.18. The molecule has 1 aromatic rings. The van der Waals surface area contributed by atoms with Crippen molar-refractivity contribution < 1.29 is 4.39 Å². The van der Waals surface area contributed by atoms with Gasteiger partial charge in [0, 0.05) is 23.1 Å². The average Bonchev–Trinajstić information content (AvgIpc) is 2.35. The van der Waals surface area contributed by atoms with Crippen LogP contribution in [0.5, 0.6) is 0 Å². The summed E-state index contributed by atoms with van der Waals surface area (Å²) < 4.78 is 14.6. The minimum atomic E-state index is -0.115. The van der Waals surface area contributed by atoms with E-state index in [1.165, 1.54) is 18.9 Å². The molecule has 0 radical (unpaired) electrons. The summed E-state index contributed by atoms with van der Waals surface area (Å²) in [4.78, 5) is 2.22. The summed E-state index contributed by atoms with van der Waals surface area (Å²) in [6, 6.07) is 5.14. The van der Waals surface area contributed by atoms with E-state index in [1.807, 2.05) is 6.07 Å². The van der Waals surface area contributed by atoms with Gasteiger partial charge in [0.2, 0.25) is 0 Å². The standard InChI is InChI=1S/C14H20BrFN2.ClH/c1-18(9-11-4-6-17-7-5-11)10-12-8-13(15)2-3-14(12)16;/h2-3,8,11,17H,4-7,9-10H2,1H3;1H. The van der Waals surface area contributed by atoms with Gasteiger partial charge < -0.3 is 10.2 Å². The molecule has 19 heavy (non-hydrogen) atoms. The molecule has 0 spiro atoms. The Kier molecular flexibility index (Phi) is 7.29. The predicted molar refractivity (Wildman–Crippen MR) is 83.3 cm³/mol. The highest BCUT2D eigenvalue weighted by atomic mass is 79.9. The second-order valence-corrected chi connectivity index (χ2v) is 6.04. The van der Waals surface area contributed by atoms with Crippen molar-refractivity contribution in [3.8, 4) is 0 Å². The maximum Gasteiger partial charge on any atom is 0.127 e. The number of piperidine rings is 1. The number of hydrogen-bond acceptors (Lipinski definition) is 2. The third-order valence-electron chi connectivity index (χ3n) is 3.48. The lowest BCUT2D eigenvalue weighted by Crippen LogP contribution is -2.34. The molecule has 0 amide bonds. The Morgan fingerprint density at radius 1 is 1.37 bits per heavy atom. The molecule has 1 aliphatic heterocycles. The van der Waals surface area contributed by atoms with Crippen LogP contribution < -0.4 is 5.32 Å². The van der Waals surface area contributed by atoms with E-state index in [4.69, 9.17) is 0 Å². The second kappa shape index (κ2) is 8.20. The van der Waals surface area contributed by atoms with Crippen molar-refractivity contribution in [1.82, 2.24) is 10.2 Å². The monoisotopic (exact) mass is 350 g/mol. The molecule has 1 aromatic carbocycles. The van der Waals surface area contributed by atoms with E-state index in [1.54, 1.807) is 6.07 Å². The number of halogens is 3. The SMILES string of the molecule is CN(Cc1cc(Br)ccc1F)CC1CCNCC1.Cl. The number of nitrogens with zero attached hydrogens (tertiary/aromatic N) is 1. The largest absolute Gasteiger partial charge is 0.317 e. The van der Waals surface area contributed by atoms with Gasteiger partial charge in [0.15, 0.2) is 0 Å². The van der Waals surface area contributed by atoms with Crippen LogP contribution in [0.4, 0.5) is 4.39 Å². The molecule has 0 unspecified atom stereocenters. The Bertz CT molecular complexity index is 397. The first-order valence-corrected chi connectivity index (χ1v) is 7.27. The van der Waals surface area contributed by atoms with Crippen LogP contribution in [0.2, 0.25) is 0 Å². The van der Waals surface area contributed by atoms with Crippen LogP contribution in [-0.4, -0.2) is 31.6 Å². The summed E-state index contributed by atoms with van der Waals surface area (Å²) in [5, 5.41) is 3.37. The molecule has 2 nitrogen and oxygen atoms in total. The van der Waals surface area contributed by atoms with E-state index in [9.17, 15) is 4.39 Å². The van der Waals surface area contributed by atoms with Gasteiger partial charge in [0.1, 0.15) is 5.82 Å². The maximum atomic E-state index is 13.7. The van der Waals surface area contributed by atoms with Gasteiger partial charge in [-0.3, -0.25) is 0 Å². The maximum absolute atomic E-state index is 13.7. The van der Waals surface area contributed by atoms with Crippen molar-refractivity contribution in [3.63, 3.8) is 0 Å². The van der Waals surface area contributed by atoms with Gasteiger partial charge in [-0.25, -0.2) is 4.39 Å². The first-order chi connectivity index (χ1) is 8.65.